The van der Waals surface area contributed by atoms with Gasteiger partial charge in [0.1, 0.15) is 12.1 Å². The van der Waals surface area contributed by atoms with Crippen LogP contribution in [0, 0.1) is 22.7 Å². The summed E-state index contributed by atoms with van der Waals surface area (Å²) in [5.74, 6) is 0. The Hall–Kier alpha value is -6.55. The monoisotopic (exact) mass is 725 g/mol. The number of rotatable bonds is 6. The Labute approximate surface area is 320 Å². The molecule has 0 atom stereocenters. The predicted octanol–water partition coefficient (Wildman–Crippen LogP) is 12.1. The number of benzene rings is 7. The maximum absolute atomic E-state index is 10.8. The molecular weight excluding hydrogens is 694 g/mol. The molecule has 2 aliphatic heterocycles. The summed E-state index contributed by atoms with van der Waals surface area (Å²) in [5, 5.41) is 24.8. The summed E-state index contributed by atoms with van der Waals surface area (Å²) in [5.41, 5.74) is 9.81. The van der Waals surface area contributed by atoms with E-state index < -0.39 is 6.89 Å². The first-order valence-electron chi connectivity index (χ1n) is 17.8. The van der Waals surface area contributed by atoms with Crippen LogP contribution in [0.5, 0.6) is 0 Å². The van der Waals surface area contributed by atoms with Crippen LogP contribution in [0.2, 0.25) is 0 Å². The van der Waals surface area contributed by atoms with E-state index >= 15 is 0 Å². The molecule has 0 N–H and O–H groups in total. The smallest absolute Gasteiger partial charge is 0.100 e. The first kappa shape index (κ1) is 33.3. The Kier molecular flexibility index (Phi) is 8.70. The van der Waals surface area contributed by atoms with Gasteiger partial charge in [0, 0.05) is 22.4 Å². The van der Waals surface area contributed by atoms with Crippen LogP contribution in [-0.4, -0.2) is 5.29 Å². The number of hydrogen-bond acceptors (Lipinski definition) is 4. The molecule has 2 heterocycles. The zero-order valence-electron chi connectivity index (χ0n) is 29.2. The Morgan fingerprint density at radius 3 is 1.37 bits per heavy atom. The van der Waals surface area contributed by atoms with Crippen LogP contribution in [0.4, 0.5) is 17.1 Å². The molecule has 3 nitrogen and oxygen atoms in total. The zero-order chi connectivity index (χ0) is 36.5. The van der Waals surface area contributed by atoms with Crippen LogP contribution in [-0.2, 0) is 0 Å². The van der Waals surface area contributed by atoms with Gasteiger partial charge in [0.2, 0.25) is 0 Å². The fourth-order valence-electron chi connectivity index (χ4n) is 7.56. The lowest BCUT2D eigenvalue weighted by Gasteiger charge is -2.34. The summed E-state index contributed by atoms with van der Waals surface area (Å²) in [4.78, 5) is 4.71. The molecule has 0 radical (unpaired) electrons. The van der Waals surface area contributed by atoms with E-state index in [2.05, 4.69) is 150 Å². The zero-order valence-corrected chi connectivity index (χ0v) is 30.9. The maximum Gasteiger partial charge on any atom is 0.100 e. The lowest BCUT2D eigenvalue weighted by Crippen LogP contribution is -2.24. The minimum absolute atomic E-state index is 0.623. The van der Waals surface area contributed by atoms with Crippen molar-refractivity contribution < 1.29 is 0 Å². The predicted molar refractivity (Wildman–Crippen MR) is 227 cm³/mol. The largest absolute Gasteiger partial charge is 0.308 e. The van der Waals surface area contributed by atoms with Gasteiger partial charge >= 0.3 is 0 Å². The molecular formula is C49H32N3PS. The van der Waals surface area contributed by atoms with Crippen molar-refractivity contribution in [2.75, 3.05) is 4.90 Å². The fourth-order valence-corrected chi connectivity index (χ4v) is 12.6. The number of fused-ring (bicyclic) bond motifs is 2. The van der Waals surface area contributed by atoms with Crippen LogP contribution < -0.4 is 15.5 Å². The molecule has 0 aromatic heterocycles. The third-order valence-corrected chi connectivity index (χ3v) is 15.3. The van der Waals surface area contributed by atoms with E-state index in [0.717, 1.165) is 38.8 Å². The van der Waals surface area contributed by atoms with Crippen LogP contribution in [0.3, 0.4) is 0 Å². The summed E-state index contributed by atoms with van der Waals surface area (Å²) < 4.78 is 0. The Morgan fingerprint density at radius 2 is 0.907 bits per heavy atom. The van der Waals surface area contributed by atoms with Gasteiger partial charge in [0.15, 0.2) is 0 Å². The molecule has 0 saturated carbocycles. The molecule has 2 aliphatic rings. The lowest BCUT2D eigenvalue weighted by atomic mass is 10.0. The highest BCUT2D eigenvalue weighted by Crippen LogP contribution is 2.58. The summed E-state index contributed by atoms with van der Waals surface area (Å²) in [6.07, 6.45) is 4.00. The number of allylic oxidation sites excluding steroid dienone is 4. The van der Waals surface area contributed by atoms with Gasteiger partial charge in [-0.1, -0.05) is 157 Å². The molecule has 9 rings (SSSR count). The molecule has 0 amide bonds. The second kappa shape index (κ2) is 14.1. The highest BCUT2D eigenvalue weighted by Gasteiger charge is 2.34. The number of nitriles is 2. The molecule has 0 fully saturated rings. The van der Waals surface area contributed by atoms with Gasteiger partial charge in [-0.05, 0) is 92.5 Å². The van der Waals surface area contributed by atoms with E-state index in [1.807, 2.05) is 60.7 Å². The van der Waals surface area contributed by atoms with Gasteiger partial charge in [-0.25, -0.2) is 0 Å². The summed E-state index contributed by atoms with van der Waals surface area (Å²) in [7, 11) is 0. The number of hydrogen-bond donors (Lipinski definition) is 0. The minimum atomic E-state index is -2.66. The van der Waals surface area contributed by atoms with Crippen molar-refractivity contribution in [2.45, 2.75) is 9.79 Å². The van der Waals surface area contributed by atoms with Crippen molar-refractivity contribution in [1.82, 2.24) is 0 Å². The Balaban J connectivity index is 1.16. The first-order valence-corrected chi connectivity index (χ1v) is 20.4. The SMILES string of the molecule is N#CC1=CC(c2ccc(N3c4ccc(-c5ccccc5)cc4Sc4cc(-c5ccccc5)ccc43)cc2)=CC(C#N)=P1(c1ccccc1)c1ccccc1. The standard InChI is InChI=1S/C49H32N3PS/c50-33-44-29-40(30-45(34-51)53(44,42-17-9-3-10-18-42)43-19-11-4-12-20-43)37-21-25-41(26-22-37)52-46-27-23-38(35-13-5-1-6-14-35)31-48(46)54-49-32-39(24-28-47(49)52)36-15-7-2-8-16-36/h1-32H. The van der Waals surface area contributed by atoms with Crippen molar-refractivity contribution in [3.63, 3.8) is 0 Å². The van der Waals surface area contributed by atoms with Crippen molar-refractivity contribution >= 4 is 57.2 Å². The van der Waals surface area contributed by atoms with Gasteiger partial charge in [0.25, 0.3) is 0 Å². The average molecular weight is 726 g/mol. The number of anilines is 3. The fraction of sp³-hybridized carbons (Fsp3) is 0. The quantitative estimate of drug-likeness (QED) is 0.160. The minimum Gasteiger partial charge on any atom is -0.308 e. The highest BCUT2D eigenvalue weighted by molar-refractivity contribution is 7.99. The third-order valence-electron chi connectivity index (χ3n) is 10.1. The topological polar surface area (TPSA) is 50.8 Å². The van der Waals surface area contributed by atoms with Crippen molar-refractivity contribution in [2.24, 2.45) is 0 Å². The molecule has 0 unspecified atom stereocenters. The summed E-state index contributed by atoms with van der Waals surface area (Å²) >= 11 is 1.81. The van der Waals surface area contributed by atoms with Crippen LogP contribution in [0.1, 0.15) is 5.56 Å². The maximum atomic E-state index is 10.8. The Bertz CT molecular complexity index is 2610. The first-order chi connectivity index (χ1) is 26.7. The van der Waals surface area contributed by atoms with E-state index in [1.165, 1.54) is 32.0 Å². The molecule has 254 valence electrons. The van der Waals surface area contributed by atoms with E-state index in [1.54, 1.807) is 11.8 Å². The molecule has 7 aromatic rings. The van der Waals surface area contributed by atoms with E-state index in [-0.39, 0.29) is 0 Å². The van der Waals surface area contributed by atoms with Crippen LogP contribution in [0.25, 0.3) is 27.8 Å². The molecule has 7 aromatic carbocycles. The average Bonchev–Trinajstić information content (AvgIpc) is 3.26. The normalized spacial score (nSPS) is 14.1. The van der Waals surface area contributed by atoms with Gasteiger partial charge in [-0.15, -0.1) is 0 Å². The highest BCUT2D eigenvalue weighted by atomic mass is 32.2. The van der Waals surface area contributed by atoms with E-state index in [4.69, 9.17) is 0 Å². The Morgan fingerprint density at radius 1 is 0.444 bits per heavy atom. The van der Waals surface area contributed by atoms with Crippen molar-refractivity contribution in [3.8, 4) is 34.4 Å². The second-order valence-electron chi connectivity index (χ2n) is 13.2. The molecule has 0 spiro atoms. The molecule has 0 bridgehead atoms. The van der Waals surface area contributed by atoms with Crippen LogP contribution in [0.15, 0.2) is 209 Å². The summed E-state index contributed by atoms with van der Waals surface area (Å²) in [6.45, 7) is -2.66. The molecule has 54 heavy (non-hydrogen) atoms. The van der Waals surface area contributed by atoms with Gasteiger partial charge in [-0.2, -0.15) is 10.5 Å². The van der Waals surface area contributed by atoms with Gasteiger partial charge < -0.3 is 4.90 Å². The van der Waals surface area contributed by atoms with Crippen molar-refractivity contribution in [1.29, 1.82) is 10.5 Å². The molecule has 5 heteroatoms. The van der Waals surface area contributed by atoms with Crippen molar-refractivity contribution in [3.05, 3.63) is 205 Å². The van der Waals surface area contributed by atoms with E-state index in [9.17, 15) is 10.5 Å². The second-order valence-corrected chi connectivity index (χ2v) is 17.6. The van der Waals surface area contributed by atoms with Gasteiger partial charge in [0.05, 0.1) is 22.0 Å². The summed E-state index contributed by atoms with van der Waals surface area (Å²) in [6, 6.07) is 68.2. The molecule has 0 aliphatic carbocycles. The number of nitrogens with zero attached hydrogens (tertiary/aromatic N) is 3. The third kappa shape index (κ3) is 5.71. The van der Waals surface area contributed by atoms with Crippen LogP contribution >= 0.6 is 18.6 Å². The van der Waals surface area contributed by atoms with E-state index in [0.29, 0.717) is 10.6 Å². The molecule has 0 saturated heterocycles. The van der Waals surface area contributed by atoms with Gasteiger partial charge in [-0.3, -0.25) is 0 Å². The lowest BCUT2D eigenvalue weighted by molar-refractivity contribution is 1.17.